The first-order valence-corrected chi connectivity index (χ1v) is 3.48. The van der Waals surface area contributed by atoms with Crippen molar-refractivity contribution in [1.29, 1.82) is 5.26 Å². The molecule has 2 atom stereocenters. The van der Waals surface area contributed by atoms with Crippen LogP contribution in [0, 0.1) is 11.3 Å². The normalized spacial score (nSPS) is 35.6. The van der Waals surface area contributed by atoms with Crippen LogP contribution in [0.2, 0.25) is 0 Å². The highest BCUT2D eigenvalue weighted by Gasteiger charge is 2.15. The van der Waals surface area contributed by atoms with Crippen molar-refractivity contribution >= 4 is 0 Å². The molecule has 0 unspecified atom stereocenters. The van der Waals surface area contributed by atoms with Crippen LogP contribution in [-0.2, 0) is 0 Å². The number of hydrogen-bond acceptors (Lipinski definition) is 2. The quantitative estimate of drug-likeness (QED) is 0.523. The second kappa shape index (κ2) is 2.84. The summed E-state index contributed by atoms with van der Waals surface area (Å²) in [5, 5.41) is 11.7. The van der Waals surface area contributed by atoms with E-state index in [2.05, 4.69) is 18.3 Å². The van der Waals surface area contributed by atoms with E-state index in [-0.39, 0.29) is 6.04 Å². The summed E-state index contributed by atoms with van der Waals surface area (Å²) in [6, 6.07) is 2.89. The molecule has 1 aliphatic heterocycles. The van der Waals surface area contributed by atoms with Crippen LogP contribution in [0.3, 0.4) is 0 Å². The minimum Gasteiger partial charge on any atom is -0.299 e. The van der Waals surface area contributed by atoms with Crippen molar-refractivity contribution in [2.24, 2.45) is 0 Å². The Kier molecular flexibility index (Phi) is 2.07. The van der Waals surface area contributed by atoms with Gasteiger partial charge in [-0.3, -0.25) is 5.32 Å². The predicted molar refractivity (Wildman–Crippen MR) is 35.8 cm³/mol. The fourth-order valence-electron chi connectivity index (χ4n) is 1.24. The van der Waals surface area contributed by atoms with Crippen LogP contribution in [0.1, 0.15) is 26.2 Å². The van der Waals surface area contributed by atoms with Crippen molar-refractivity contribution in [3.8, 4) is 6.07 Å². The van der Waals surface area contributed by atoms with Gasteiger partial charge >= 0.3 is 0 Å². The number of hydrogen-bond donors (Lipinski definition) is 1. The Morgan fingerprint density at radius 1 is 1.56 bits per heavy atom. The topological polar surface area (TPSA) is 35.8 Å². The lowest BCUT2D eigenvalue weighted by atomic mass is 10.0. The Morgan fingerprint density at radius 2 is 2.33 bits per heavy atom. The summed E-state index contributed by atoms with van der Waals surface area (Å²) < 4.78 is 0. The summed E-state index contributed by atoms with van der Waals surface area (Å²) in [7, 11) is 0. The highest BCUT2D eigenvalue weighted by atomic mass is 14.9. The van der Waals surface area contributed by atoms with Gasteiger partial charge in [0.25, 0.3) is 0 Å². The molecule has 1 heterocycles. The van der Waals surface area contributed by atoms with Gasteiger partial charge in [-0.15, -0.1) is 0 Å². The fourth-order valence-corrected chi connectivity index (χ4v) is 1.24. The molecule has 1 saturated heterocycles. The van der Waals surface area contributed by atoms with Gasteiger partial charge in [0.2, 0.25) is 0 Å². The highest BCUT2D eigenvalue weighted by Crippen LogP contribution is 2.10. The summed E-state index contributed by atoms with van der Waals surface area (Å²) >= 11 is 0. The number of piperidine rings is 1. The Labute approximate surface area is 55.9 Å². The minimum absolute atomic E-state index is 0.119. The largest absolute Gasteiger partial charge is 0.299 e. The van der Waals surface area contributed by atoms with Crippen LogP contribution in [0.5, 0.6) is 0 Å². The van der Waals surface area contributed by atoms with Gasteiger partial charge in [-0.25, -0.2) is 0 Å². The van der Waals surface area contributed by atoms with Crippen molar-refractivity contribution in [1.82, 2.24) is 5.32 Å². The van der Waals surface area contributed by atoms with Crippen LogP contribution in [0.25, 0.3) is 0 Å². The molecule has 1 rings (SSSR count). The SMILES string of the molecule is C[C@H]1CCC[C@@H](C#N)N1. The van der Waals surface area contributed by atoms with Gasteiger partial charge in [0.05, 0.1) is 12.1 Å². The van der Waals surface area contributed by atoms with Crippen LogP contribution in [-0.4, -0.2) is 12.1 Å². The molecule has 1 N–H and O–H groups in total. The van der Waals surface area contributed by atoms with Crippen molar-refractivity contribution in [3.63, 3.8) is 0 Å². The van der Waals surface area contributed by atoms with Gasteiger partial charge < -0.3 is 0 Å². The molecule has 0 aromatic heterocycles. The Morgan fingerprint density at radius 3 is 2.78 bits per heavy atom. The van der Waals surface area contributed by atoms with E-state index in [0.717, 1.165) is 6.42 Å². The van der Waals surface area contributed by atoms with Gasteiger partial charge in [0.1, 0.15) is 0 Å². The lowest BCUT2D eigenvalue weighted by Crippen LogP contribution is -2.39. The van der Waals surface area contributed by atoms with Gasteiger partial charge in [-0.1, -0.05) is 0 Å². The summed E-state index contributed by atoms with van der Waals surface area (Å²) in [4.78, 5) is 0. The summed E-state index contributed by atoms with van der Waals surface area (Å²) in [6.07, 6.45) is 3.45. The number of nitrogens with one attached hydrogen (secondary N) is 1. The first kappa shape index (κ1) is 6.57. The van der Waals surface area contributed by atoms with E-state index in [1.807, 2.05) is 0 Å². The van der Waals surface area contributed by atoms with Crippen molar-refractivity contribution in [3.05, 3.63) is 0 Å². The van der Waals surface area contributed by atoms with Crippen LogP contribution < -0.4 is 5.32 Å². The zero-order valence-corrected chi connectivity index (χ0v) is 5.72. The molecule has 0 amide bonds. The molecular weight excluding hydrogens is 112 g/mol. The fraction of sp³-hybridized carbons (Fsp3) is 0.857. The molecular formula is C7H12N2. The first-order chi connectivity index (χ1) is 4.33. The van der Waals surface area contributed by atoms with Crippen LogP contribution in [0.4, 0.5) is 0 Å². The van der Waals surface area contributed by atoms with Gasteiger partial charge in [0.15, 0.2) is 0 Å². The van der Waals surface area contributed by atoms with E-state index in [0.29, 0.717) is 6.04 Å². The lowest BCUT2D eigenvalue weighted by molar-refractivity contribution is 0.380. The van der Waals surface area contributed by atoms with Crippen molar-refractivity contribution < 1.29 is 0 Å². The molecule has 9 heavy (non-hydrogen) atoms. The van der Waals surface area contributed by atoms with E-state index in [9.17, 15) is 0 Å². The molecule has 50 valence electrons. The Balaban J connectivity index is 2.34. The Bertz CT molecular complexity index is 125. The van der Waals surface area contributed by atoms with E-state index >= 15 is 0 Å². The molecule has 0 bridgehead atoms. The molecule has 2 heteroatoms. The highest BCUT2D eigenvalue weighted by molar-refractivity contribution is 4.93. The summed E-state index contributed by atoms with van der Waals surface area (Å²) in [5.41, 5.74) is 0. The molecule has 0 saturated carbocycles. The van der Waals surface area contributed by atoms with Gasteiger partial charge in [-0.05, 0) is 26.2 Å². The van der Waals surface area contributed by atoms with E-state index in [4.69, 9.17) is 5.26 Å². The summed E-state index contributed by atoms with van der Waals surface area (Å²) in [5.74, 6) is 0. The second-order valence-corrected chi connectivity index (χ2v) is 2.68. The first-order valence-electron chi connectivity index (χ1n) is 3.48. The molecule has 2 nitrogen and oxygen atoms in total. The average Bonchev–Trinajstić information content (AvgIpc) is 1.88. The maximum absolute atomic E-state index is 8.50. The number of rotatable bonds is 0. The minimum atomic E-state index is 0.119. The van der Waals surface area contributed by atoms with Gasteiger partial charge in [0, 0.05) is 6.04 Å². The molecule has 0 radical (unpaired) electrons. The lowest BCUT2D eigenvalue weighted by Gasteiger charge is -2.23. The zero-order chi connectivity index (χ0) is 6.69. The van der Waals surface area contributed by atoms with E-state index < -0.39 is 0 Å². The Hall–Kier alpha value is -0.550. The van der Waals surface area contributed by atoms with Crippen molar-refractivity contribution in [2.75, 3.05) is 0 Å². The third-order valence-electron chi connectivity index (χ3n) is 1.77. The maximum Gasteiger partial charge on any atom is 0.0955 e. The van der Waals surface area contributed by atoms with Crippen LogP contribution in [0.15, 0.2) is 0 Å². The van der Waals surface area contributed by atoms with E-state index in [1.54, 1.807) is 0 Å². The third kappa shape index (κ3) is 1.69. The molecule has 1 fully saturated rings. The monoisotopic (exact) mass is 124 g/mol. The maximum atomic E-state index is 8.50. The summed E-state index contributed by atoms with van der Waals surface area (Å²) in [6.45, 7) is 2.13. The predicted octanol–water partition coefficient (Wildman–Crippen LogP) is 1.04. The molecule has 0 spiro atoms. The molecule has 0 aromatic rings. The molecule has 0 aromatic carbocycles. The van der Waals surface area contributed by atoms with Crippen LogP contribution >= 0.6 is 0 Å². The number of nitriles is 1. The van der Waals surface area contributed by atoms with Crippen molar-refractivity contribution in [2.45, 2.75) is 38.3 Å². The average molecular weight is 124 g/mol. The standard InChI is InChI=1S/C7H12N2/c1-6-3-2-4-7(5-8)9-6/h6-7,9H,2-4H2,1H3/t6-,7-/m0/s1. The molecule has 0 aliphatic carbocycles. The van der Waals surface area contributed by atoms with E-state index in [1.165, 1.54) is 12.8 Å². The number of nitrogens with zero attached hydrogens (tertiary/aromatic N) is 1. The second-order valence-electron chi connectivity index (χ2n) is 2.68. The smallest absolute Gasteiger partial charge is 0.0955 e. The third-order valence-corrected chi connectivity index (χ3v) is 1.77. The zero-order valence-electron chi connectivity index (χ0n) is 5.72. The van der Waals surface area contributed by atoms with Gasteiger partial charge in [-0.2, -0.15) is 5.26 Å². The molecule has 1 aliphatic rings.